The Balaban J connectivity index is 1.90. The van der Waals surface area contributed by atoms with Gasteiger partial charge in [-0.1, -0.05) is 29.8 Å². The Bertz CT molecular complexity index is 336. The number of nitrogens with one attached hydrogen (secondary N) is 1. The van der Waals surface area contributed by atoms with Crippen molar-refractivity contribution in [3.63, 3.8) is 0 Å². The molecule has 0 saturated carbocycles. The van der Waals surface area contributed by atoms with Crippen LogP contribution >= 0.6 is 23.4 Å². The van der Waals surface area contributed by atoms with Gasteiger partial charge in [-0.25, -0.2) is 0 Å². The highest BCUT2D eigenvalue weighted by atomic mass is 35.5. The van der Waals surface area contributed by atoms with Gasteiger partial charge in [0.05, 0.1) is 0 Å². The first-order chi connectivity index (χ1) is 9.34. The number of rotatable bonds is 11. The zero-order chi connectivity index (χ0) is 13.8. The summed E-state index contributed by atoms with van der Waals surface area (Å²) in [4.78, 5) is 0. The van der Waals surface area contributed by atoms with E-state index < -0.39 is 0 Å². The Morgan fingerprint density at radius 1 is 1.21 bits per heavy atom. The monoisotopic (exact) mass is 301 g/mol. The molecule has 0 aliphatic rings. The third kappa shape index (κ3) is 8.53. The molecule has 0 atom stereocenters. The van der Waals surface area contributed by atoms with Crippen molar-refractivity contribution in [1.82, 2.24) is 5.32 Å². The summed E-state index contributed by atoms with van der Waals surface area (Å²) < 4.78 is 5.29. The topological polar surface area (TPSA) is 21.3 Å². The Morgan fingerprint density at radius 3 is 2.84 bits per heavy atom. The van der Waals surface area contributed by atoms with Crippen LogP contribution < -0.4 is 5.32 Å². The summed E-state index contributed by atoms with van der Waals surface area (Å²) in [6.45, 7) is 5.89. The van der Waals surface area contributed by atoms with Gasteiger partial charge in [-0.2, -0.15) is 11.8 Å². The summed E-state index contributed by atoms with van der Waals surface area (Å²) in [7, 11) is 0. The zero-order valence-electron chi connectivity index (χ0n) is 11.7. The lowest BCUT2D eigenvalue weighted by Gasteiger charge is -2.06. The molecule has 0 aliphatic carbocycles. The van der Waals surface area contributed by atoms with Crippen LogP contribution in [0, 0.1) is 0 Å². The number of benzene rings is 1. The van der Waals surface area contributed by atoms with Gasteiger partial charge in [0, 0.05) is 36.3 Å². The molecule has 2 nitrogen and oxygen atoms in total. The second-order valence-corrected chi connectivity index (χ2v) is 5.81. The summed E-state index contributed by atoms with van der Waals surface area (Å²) in [5.74, 6) is 2.11. The van der Waals surface area contributed by atoms with Crippen LogP contribution in [0.25, 0.3) is 0 Å². The fraction of sp³-hybridized carbons (Fsp3) is 0.600. The van der Waals surface area contributed by atoms with Crippen molar-refractivity contribution in [2.75, 3.05) is 32.1 Å². The van der Waals surface area contributed by atoms with E-state index in [4.69, 9.17) is 16.3 Å². The Morgan fingerprint density at radius 2 is 2.05 bits per heavy atom. The van der Waals surface area contributed by atoms with Crippen LogP contribution in [0.2, 0.25) is 5.02 Å². The van der Waals surface area contributed by atoms with Gasteiger partial charge in [0.15, 0.2) is 0 Å². The van der Waals surface area contributed by atoms with E-state index in [1.165, 1.54) is 12.0 Å². The smallest absolute Gasteiger partial charge is 0.0466 e. The second kappa shape index (κ2) is 11.6. The van der Waals surface area contributed by atoms with Crippen molar-refractivity contribution < 1.29 is 4.74 Å². The number of thioether (sulfide) groups is 1. The molecule has 19 heavy (non-hydrogen) atoms. The summed E-state index contributed by atoms with van der Waals surface area (Å²) in [6, 6.07) is 8.06. The van der Waals surface area contributed by atoms with E-state index in [9.17, 15) is 0 Å². The van der Waals surface area contributed by atoms with Gasteiger partial charge in [-0.15, -0.1) is 0 Å². The molecule has 0 spiro atoms. The average molecular weight is 302 g/mol. The first-order valence-corrected chi connectivity index (χ1v) is 8.47. The molecular formula is C15H24ClNOS. The van der Waals surface area contributed by atoms with Crippen molar-refractivity contribution in [1.29, 1.82) is 0 Å². The molecule has 0 aromatic heterocycles. The lowest BCUT2D eigenvalue weighted by molar-refractivity contribution is 0.143. The Kier molecular flexibility index (Phi) is 10.3. The van der Waals surface area contributed by atoms with Gasteiger partial charge in [-0.3, -0.25) is 0 Å². The maximum absolute atomic E-state index is 6.11. The van der Waals surface area contributed by atoms with Gasteiger partial charge in [-0.05, 0) is 37.9 Å². The van der Waals surface area contributed by atoms with Crippen molar-refractivity contribution in [2.24, 2.45) is 0 Å². The molecule has 0 bridgehead atoms. The number of unbranched alkanes of at least 4 members (excludes halogenated alkanes) is 1. The lowest BCUT2D eigenvalue weighted by atomic mass is 10.2. The summed E-state index contributed by atoms with van der Waals surface area (Å²) in [6.07, 6.45) is 2.34. The number of ether oxygens (including phenoxy) is 1. The van der Waals surface area contributed by atoms with E-state index in [-0.39, 0.29) is 0 Å². The van der Waals surface area contributed by atoms with Crippen LogP contribution in [-0.4, -0.2) is 32.1 Å². The predicted molar refractivity (Wildman–Crippen MR) is 86.2 cm³/mol. The minimum Gasteiger partial charge on any atom is -0.382 e. The highest BCUT2D eigenvalue weighted by Crippen LogP contribution is 2.20. The molecule has 0 heterocycles. The highest BCUT2D eigenvalue weighted by molar-refractivity contribution is 7.98. The van der Waals surface area contributed by atoms with Crippen LogP contribution in [0.15, 0.2) is 24.3 Å². The van der Waals surface area contributed by atoms with E-state index >= 15 is 0 Å². The molecule has 1 rings (SSSR count). The van der Waals surface area contributed by atoms with E-state index in [0.717, 1.165) is 49.3 Å². The first kappa shape index (κ1) is 16.8. The molecule has 0 saturated heterocycles. The highest BCUT2D eigenvalue weighted by Gasteiger charge is 1.98. The molecule has 4 heteroatoms. The molecule has 1 N–H and O–H groups in total. The van der Waals surface area contributed by atoms with Gasteiger partial charge < -0.3 is 10.1 Å². The van der Waals surface area contributed by atoms with Gasteiger partial charge in [0.2, 0.25) is 0 Å². The van der Waals surface area contributed by atoms with Crippen LogP contribution in [0.5, 0.6) is 0 Å². The van der Waals surface area contributed by atoms with Crippen molar-refractivity contribution in [2.45, 2.75) is 25.5 Å². The van der Waals surface area contributed by atoms with Crippen LogP contribution in [0.3, 0.4) is 0 Å². The Hall–Kier alpha value is -0.220. The first-order valence-electron chi connectivity index (χ1n) is 6.94. The standard InChI is InChI=1S/C15H24ClNOS/c1-2-18-11-6-5-9-17-10-12-19-13-14-7-3-4-8-15(14)16/h3-4,7-8,17H,2,5-6,9-13H2,1H3. The fourth-order valence-corrected chi connectivity index (χ4v) is 2.85. The second-order valence-electron chi connectivity index (χ2n) is 4.30. The predicted octanol–water partition coefficient (Wildman–Crippen LogP) is 3.98. The van der Waals surface area contributed by atoms with E-state index in [2.05, 4.69) is 11.4 Å². The van der Waals surface area contributed by atoms with E-state index in [1.54, 1.807) is 0 Å². The average Bonchev–Trinajstić information content (AvgIpc) is 2.43. The molecule has 0 radical (unpaired) electrons. The van der Waals surface area contributed by atoms with Crippen molar-refractivity contribution in [3.8, 4) is 0 Å². The minimum atomic E-state index is 0.826. The normalized spacial score (nSPS) is 10.8. The summed E-state index contributed by atoms with van der Waals surface area (Å²) in [5, 5.41) is 4.33. The van der Waals surface area contributed by atoms with Gasteiger partial charge in [0.1, 0.15) is 0 Å². The maximum Gasteiger partial charge on any atom is 0.0466 e. The zero-order valence-corrected chi connectivity index (χ0v) is 13.2. The van der Waals surface area contributed by atoms with Crippen LogP contribution in [-0.2, 0) is 10.5 Å². The summed E-state index contributed by atoms with van der Waals surface area (Å²) >= 11 is 8.03. The number of hydrogen-bond donors (Lipinski definition) is 1. The fourth-order valence-electron chi connectivity index (χ4n) is 1.67. The Labute approximate surface area is 126 Å². The summed E-state index contributed by atoms with van der Waals surface area (Å²) in [5.41, 5.74) is 1.23. The quantitative estimate of drug-likeness (QED) is 0.625. The number of hydrogen-bond acceptors (Lipinski definition) is 3. The third-order valence-corrected chi connectivity index (χ3v) is 4.11. The van der Waals surface area contributed by atoms with Crippen LogP contribution in [0.1, 0.15) is 25.3 Å². The molecule has 0 fully saturated rings. The van der Waals surface area contributed by atoms with E-state index in [1.807, 2.05) is 36.9 Å². The molecule has 0 unspecified atom stereocenters. The van der Waals surface area contributed by atoms with Gasteiger partial charge in [0.25, 0.3) is 0 Å². The molecular weight excluding hydrogens is 278 g/mol. The molecule has 1 aromatic rings. The van der Waals surface area contributed by atoms with Crippen LogP contribution in [0.4, 0.5) is 0 Å². The largest absolute Gasteiger partial charge is 0.382 e. The maximum atomic E-state index is 6.11. The minimum absolute atomic E-state index is 0.826. The molecule has 0 aliphatic heterocycles. The molecule has 0 amide bonds. The SMILES string of the molecule is CCOCCCCNCCSCc1ccccc1Cl. The van der Waals surface area contributed by atoms with Crippen molar-refractivity contribution in [3.05, 3.63) is 34.9 Å². The molecule has 108 valence electrons. The number of halogens is 1. The third-order valence-electron chi connectivity index (χ3n) is 2.73. The molecule has 1 aromatic carbocycles. The lowest BCUT2D eigenvalue weighted by Crippen LogP contribution is -2.18. The van der Waals surface area contributed by atoms with Gasteiger partial charge >= 0.3 is 0 Å². The van der Waals surface area contributed by atoms with Crippen molar-refractivity contribution >= 4 is 23.4 Å². The van der Waals surface area contributed by atoms with E-state index in [0.29, 0.717) is 0 Å².